The first-order valence-electron chi connectivity index (χ1n) is 23.5. The van der Waals surface area contributed by atoms with Crippen LogP contribution in [0.5, 0.6) is 0 Å². The third-order valence-electron chi connectivity index (χ3n) is 10.9. The van der Waals surface area contributed by atoms with E-state index in [2.05, 4.69) is 198 Å². The second-order valence-electron chi connectivity index (χ2n) is 15.9. The Morgan fingerprint density at radius 2 is 1.25 bits per heavy atom. The Kier molecular flexibility index (Phi) is 34.4. The number of carbonyl (C=O) groups is 1. The molecule has 1 amide bonds. The molecule has 2 aliphatic heterocycles. The molecule has 1 aromatic carbocycles. The molecule has 0 spiro atoms. The molecule has 10 nitrogen and oxygen atoms in total. The van der Waals surface area contributed by atoms with Gasteiger partial charge in [-0.1, -0.05) is 127 Å². The van der Waals surface area contributed by atoms with Crippen molar-refractivity contribution >= 4 is 18.4 Å². The van der Waals surface area contributed by atoms with Crippen LogP contribution in [0.3, 0.4) is 0 Å². The van der Waals surface area contributed by atoms with E-state index >= 15 is 0 Å². The maximum Gasteiger partial charge on any atom is 0.297 e. The van der Waals surface area contributed by atoms with Crippen LogP contribution in [0.2, 0.25) is 0 Å². The molecule has 1 N–H and O–H groups in total. The van der Waals surface area contributed by atoms with Crippen LogP contribution in [0.1, 0.15) is 151 Å². The van der Waals surface area contributed by atoms with E-state index in [9.17, 15) is 10.1 Å². The number of ether oxygens (including phenoxy) is 4. The molecule has 0 saturated carbocycles. The van der Waals surface area contributed by atoms with Gasteiger partial charge in [0.05, 0.1) is 19.3 Å². The Bertz CT molecular complexity index is 2720. The zero-order valence-electron chi connectivity index (χ0n) is 41.0. The predicted molar refractivity (Wildman–Crippen MR) is 323 cm³/mol. The molecule has 0 bridgehead atoms. The molecule has 2 saturated heterocycles. The van der Waals surface area contributed by atoms with Crippen molar-refractivity contribution < 1.29 is 77.4 Å². The lowest BCUT2D eigenvalue weighted by atomic mass is 9.86. The fraction of sp³-hybridized carbons (Fsp3) is 0.450. The highest BCUT2D eigenvalue weighted by atomic mass is 32.1. The van der Waals surface area contributed by atoms with Crippen LogP contribution in [-0.4, -0.2) is 54.0 Å². The van der Waals surface area contributed by atoms with Gasteiger partial charge in [0.25, 0.3) is 5.91 Å². The Morgan fingerprint density at radius 3 is 1.77 bits per heavy atom. The van der Waals surface area contributed by atoms with Crippen LogP contribution in [0.4, 0.5) is 0 Å². The van der Waals surface area contributed by atoms with Gasteiger partial charge in [-0.3, -0.25) is 9.83 Å². The minimum atomic E-state index is -0.835. The zero-order chi connectivity index (χ0) is 51.4. The number of benzene rings is 1. The molecule has 1 aromatic rings. The van der Waals surface area contributed by atoms with Crippen molar-refractivity contribution in [2.24, 2.45) is 17.8 Å². The second kappa shape index (κ2) is 40.7. The van der Waals surface area contributed by atoms with Crippen molar-refractivity contribution in [3.05, 3.63) is 48.0 Å². The van der Waals surface area contributed by atoms with E-state index in [1.165, 1.54) is 57.8 Å². The predicted octanol–water partition coefficient (Wildman–Crippen LogP) is 12.3. The van der Waals surface area contributed by atoms with Crippen molar-refractivity contribution in [2.75, 3.05) is 13.2 Å². The van der Waals surface area contributed by atoms with Crippen LogP contribution in [-0.2, 0) is 46.2 Å². The normalized spacial score (nSPS) is 18.6. The summed E-state index contributed by atoms with van der Waals surface area (Å²) in [7, 11) is 0. The summed E-state index contributed by atoms with van der Waals surface area (Å²) in [6.45, 7) is 10.2. The number of amides is 1. The first-order valence-corrected chi connectivity index (χ1v) is 23.8. The molecule has 412 valence electrons. The Labute approximate surface area is 464 Å². The molecule has 71 heavy (non-hydrogen) atoms. The Morgan fingerprint density at radius 1 is 0.746 bits per heavy atom. The molecule has 0 radical (unpaired) electrons. The molecule has 2 heterocycles. The van der Waals surface area contributed by atoms with Crippen LogP contribution in [0.25, 0.3) is 0 Å². The number of hydrogen-bond acceptors (Lipinski definition) is 10. The average Bonchev–Trinajstić information content (AvgIpc) is 3.39. The van der Waals surface area contributed by atoms with E-state index in [0.29, 0.717) is 0 Å². The van der Waals surface area contributed by atoms with E-state index in [1.807, 2.05) is 37.3 Å². The van der Waals surface area contributed by atoms with Crippen molar-refractivity contribution in [1.82, 2.24) is 5.32 Å². The van der Waals surface area contributed by atoms with Crippen LogP contribution in [0.15, 0.2) is 42.5 Å². The van der Waals surface area contributed by atoms with Gasteiger partial charge in [0.15, 0.2) is 25.1 Å². The van der Waals surface area contributed by atoms with Gasteiger partial charge in [-0.05, 0) is 133 Å². The van der Waals surface area contributed by atoms with E-state index in [4.69, 9.17) is 28.0 Å². The lowest BCUT2D eigenvalue weighted by Gasteiger charge is -2.48. The standard InChI is InChI=1S/C60H59NO8.OS.24H2/c1-6-8-10-12-14-16-18-20-21-22-23-24-25-26-27-28-29-30-32-34-36-38-43-47-56(62)61-54(51(4)50(3)44-40-37-35-33-31-19-17-15-13-11-9-7-2)48-64-59-52(5)57(68-69-63)58-55(66-59)49-65-60(67-58)53-45-41-39-42-46-53;1-2;;;;;;;;;;;;;;;;;;;;;;;;/h37,39-42,45-46,50-52,54-55,57-60,63H,7,9,11,13,15,17,19,31,33,35,44,48-49H2,1-5H3,(H,61,62);;24*1H/p-1/t50-,51-,52?,54+,55?,57?,58?,59?,60?;;;;;;;;;;;;;;;;;;;;;;;;;/m1........................./s1. The summed E-state index contributed by atoms with van der Waals surface area (Å²) in [5.41, 5.74) is 0.822. The Hall–Kier alpha value is -7.11. The number of carbonyl (C=O) groups excluding carboxylic acids is 1. The van der Waals surface area contributed by atoms with Gasteiger partial charge in [-0.15, -0.1) is 0 Å². The van der Waals surface area contributed by atoms with Gasteiger partial charge in [-0.2, -0.15) is 4.21 Å². The van der Waals surface area contributed by atoms with Gasteiger partial charge in [0.2, 0.25) is 0 Å². The first-order chi connectivity index (χ1) is 34.9. The third-order valence-corrected chi connectivity index (χ3v) is 10.9. The van der Waals surface area contributed by atoms with Crippen LogP contribution in [0, 0.1) is 160 Å². The third kappa shape index (κ3) is 27.0. The smallest absolute Gasteiger partial charge is 0.297 e. The van der Waals surface area contributed by atoms with E-state index in [0.717, 1.165) is 18.4 Å². The fourth-order valence-corrected chi connectivity index (χ4v) is 6.98. The number of nitrogens with one attached hydrogen (secondary N) is 1. The molecule has 9 atom stereocenters. The highest BCUT2D eigenvalue weighted by Crippen LogP contribution is 2.38. The SMILES string of the molecule is CC#CC#CC#CC#CC#CC#CC#CC#CC#CC#CC#CC#CC(=O)N[C@@H](COC1OC2COC(c3ccccc3)OC2C(OO[O-])C1C)[C@H](C)[C@H](C)CC=CCCCCCCCCCCC.O=S.[HH].[HH].[HH].[HH].[HH].[HH].[HH].[HH].[HH].[HH].[HH].[HH].[HH].[HH].[HH].[HH].[HH].[HH].[HH].[HH].[HH].[HH].[HH].[HH]. The summed E-state index contributed by atoms with van der Waals surface area (Å²) >= 11 is 2.83. The summed E-state index contributed by atoms with van der Waals surface area (Å²) < 4.78 is 32.8. The van der Waals surface area contributed by atoms with Crippen molar-refractivity contribution in [1.29, 1.82) is 0 Å². The molecular formula is C60H106NO9S-. The van der Waals surface area contributed by atoms with E-state index in [1.54, 1.807) is 6.92 Å². The molecule has 0 aliphatic carbocycles. The highest BCUT2D eigenvalue weighted by Gasteiger charge is 2.50. The highest BCUT2D eigenvalue weighted by molar-refractivity contribution is 7.44. The summed E-state index contributed by atoms with van der Waals surface area (Å²) in [5, 5.41) is 18.3. The number of unbranched alkanes of at least 4 members (excludes halogenated alkanes) is 9. The molecule has 2 aliphatic rings. The van der Waals surface area contributed by atoms with Crippen LogP contribution < -0.4 is 10.6 Å². The van der Waals surface area contributed by atoms with Gasteiger partial charge in [-0.25, -0.2) is 4.89 Å². The Balaban J connectivity index is -0.0000000940. The van der Waals surface area contributed by atoms with Gasteiger partial charge < -0.3 is 29.5 Å². The summed E-state index contributed by atoms with van der Waals surface area (Å²) in [5.74, 6) is 60.1. The maximum atomic E-state index is 13.2. The lowest BCUT2D eigenvalue weighted by Crippen LogP contribution is -2.60. The topological polar surface area (TPSA) is 125 Å². The molecule has 3 rings (SSSR count). The van der Waals surface area contributed by atoms with Gasteiger partial charge in [0, 0.05) is 87.2 Å². The number of fused-ring (bicyclic) bond motifs is 1. The fourth-order valence-electron chi connectivity index (χ4n) is 6.98. The van der Waals surface area contributed by atoms with Crippen molar-refractivity contribution in [3.63, 3.8) is 0 Å². The molecule has 6 unspecified atom stereocenters. The summed E-state index contributed by atoms with van der Waals surface area (Å²) in [6.07, 6.45) is 14.4. The summed E-state index contributed by atoms with van der Waals surface area (Å²) in [6, 6.07) is 9.01. The van der Waals surface area contributed by atoms with Crippen molar-refractivity contribution in [3.8, 4) is 142 Å². The second-order valence-corrected chi connectivity index (χ2v) is 15.9. The number of hydrogen-bond donors (Lipinski definition) is 1. The van der Waals surface area contributed by atoms with E-state index in [-0.39, 0.29) is 59.3 Å². The van der Waals surface area contributed by atoms with Crippen LogP contribution >= 0.6 is 0 Å². The lowest BCUT2D eigenvalue weighted by molar-refractivity contribution is -0.808. The minimum absolute atomic E-state index is 0. The molecule has 2 fully saturated rings. The minimum Gasteiger partial charge on any atom is -0.692 e. The van der Waals surface area contributed by atoms with Crippen molar-refractivity contribution in [2.45, 2.75) is 142 Å². The number of allylic oxidation sites excluding steroid dienone is 2. The monoisotopic (exact) mass is 1020 g/mol. The van der Waals surface area contributed by atoms with E-state index < -0.39 is 48.8 Å². The maximum absolute atomic E-state index is 13.2. The molecule has 11 heteroatoms. The summed E-state index contributed by atoms with van der Waals surface area (Å²) in [4.78, 5) is 18.4. The number of rotatable bonds is 21. The molecule has 0 aromatic heterocycles. The first kappa shape index (κ1) is 60.0. The largest absolute Gasteiger partial charge is 0.692 e. The van der Waals surface area contributed by atoms with Gasteiger partial charge >= 0.3 is 0 Å². The molecular weight excluding hydrogens is 911 g/mol. The zero-order valence-corrected chi connectivity index (χ0v) is 41.8. The quantitative estimate of drug-likeness (QED) is 0.0418. The van der Waals surface area contributed by atoms with Gasteiger partial charge in [0.1, 0.15) is 18.3 Å². The average molecular weight is 1020 g/mol.